The van der Waals surface area contributed by atoms with Crippen molar-refractivity contribution in [3.63, 3.8) is 0 Å². The van der Waals surface area contributed by atoms with Gasteiger partial charge in [0.1, 0.15) is 17.8 Å². The lowest BCUT2D eigenvalue weighted by Gasteiger charge is -2.06. The molecule has 0 unspecified atom stereocenters. The Balaban J connectivity index is 1.73. The average molecular weight is 280 g/mol. The Labute approximate surface area is 120 Å². The SMILES string of the molecule is Cc1cnc(C(=O)Nc2ccc(-n3ccnc3)nc2)cn1. The highest BCUT2D eigenvalue weighted by Crippen LogP contribution is 2.10. The van der Waals surface area contributed by atoms with Gasteiger partial charge in [-0.05, 0) is 19.1 Å². The van der Waals surface area contributed by atoms with Crippen LogP contribution in [0.3, 0.4) is 0 Å². The monoisotopic (exact) mass is 280 g/mol. The second-order valence-corrected chi connectivity index (χ2v) is 4.37. The van der Waals surface area contributed by atoms with Crippen molar-refractivity contribution in [2.24, 2.45) is 0 Å². The third-order valence-electron chi connectivity index (χ3n) is 2.79. The number of aryl methyl sites for hydroxylation is 1. The summed E-state index contributed by atoms with van der Waals surface area (Å²) in [7, 11) is 0. The standard InChI is InChI=1S/C14H12N6O/c1-10-6-17-12(8-16-10)14(21)19-11-2-3-13(18-7-11)20-5-4-15-9-20/h2-9H,1H3,(H,19,21). The number of rotatable bonds is 3. The normalized spacial score (nSPS) is 10.3. The first-order valence-corrected chi connectivity index (χ1v) is 6.27. The van der Waals surface area contributed by atoms with Crippen LogP contribution >= 0.6 is 0 Å². The fourth-order valence-corrected chi connectivity index (χ4v) is 1.71. The van der Waals surface area contributed by atoms with Gasteiger partial charge in [-0.3, -0.25) is 14.3 Å². The van der Waals surface area contributed by atoms with E-state index in [9.17, 15) is 4.79 Å². The molecule has 104 valence electrons. The molecule has 3 aromatic rings. The van der Waals surface area contributed by atoms with Gasteiger partial charge < -0.3 is 5.32 Å². The second-order valence-electron chi connectivity index (χ2n) is 4.37. The third kappa shape index (κ3) is 2.92. The summed E-state index contributed by atoms with van der Waals surface area (Å²) in [5.74, 6) is 0.403. The van der Waals surface area contributed by atoms with Crippen molar-refractivity contribution in [2.45, 2.75) is 6.92 Å². The number of hydrogen-bond acceptors (Lipinski definition) is 5. The molecule has 0 saturated carbocycles. The largest absolute Gasteiger partial charge is 0.319 e. The number of amides is 1. The lowest BCUT2D eigenvalue weighted by molar-refractivity contribution is 0.102. The Morgan fingerprint density at radius 1 is 1.14 bits per heavy atom. The second kappa shape index (κ2) is 5.49. The van der Waals surface area contributed by atoms with Crippen molar-refractivity contribution in [2.75, 3.05) is 5.32 Å². The molecule has 3 aromatic heterocycles. The van der Waals surface area contributed by atoms with E-state index in [2.05, 4.69) is 25.3 Å². The molecule has 1 N–H and O–H groups in total. The Bertz CT molecular complexity index is 734. The van der Waals surface area contributed by atoms with Gasteiger partial charge in [0.25, 0.3) is 5.91 Å². The summed E-state index contributed by atoms with van der Waals surface area (Å²) in [4.78, 5) is 28.3. The fraction of sp³-hybridized carbons (Fsp3) is 0.0714. The van der Waals surface area contributed by atoms with E-state index >= 15 is 0 Å². The molecule has 0 fully saturated rings. The topological polar surface area (TPSA) is 85.6 Å². The zero-order chi connectivity index (χ0) is 14.7. The van der Waals surface area contributed by atoms with Crippen LogP contribution in [0.4, 0.5) is 5.69 Å². The molecule has 3 rings (SSSR count). The van der Waals surface area contributed by atoms with Crippen LogP contribution in [-0.2, 0) is 0 Å². The number of nitrogens with zero attached hydrogens (tertiary/aromatic N) is 5. The van der Waals surface area contributed by atoms with Gasteiger partial charge in [0.15, 0.2) is 0 Å². The van der Waals surface area contributed by atoms with E-state index < -0.39 is 0 Å². The van der Waals surface area contributed by atoms with Crippen molar-refractivity contribution in [1.29, 1.82) is 0 Å². The van der Waals surface area contributed by atoms with Crippen LogP contribution in [0.1, 0.15) is 16.2 Å². The maximum absolute atomic E-state index is 12.0. The number of pyridine rings is 1. The molecule has 0 saturated heterocycles. The molecule has 1 amide bonds. The minimum absolute atomic E-state index is 0.263. The van der Waals surface area contributed by atoms with Crippen LogP contribution in [0, 0.1) is 6.92 Å². The molecule has 7 nitrogen and oxygen atoms in total. The molecule has 0 aliphatic heterocycles. The molecule has 0 aromatic carbocycles. The highest BCUT2D eigenvalue weighted by Gasteiger charge is 2.08. The molecular weight excluding hydrogens is 268 g/mol. The highest BCUT2D eigenvalue weighted by atomic mass is 16.1. The molecular formula is C14H12N6O. The summed E-state index contributed by atoms with van der Waals surface area (Å²) in [6.45, 7) is 1.81. The van der Waals surface area contributed by atoms with Crippen molar-refractivity contribution in [3.8, 4) is 5.82 Å². The van der Waals surface area contributed by atoms with Gasteiger partial charge in [-0.25, -0.2) is 15.0 Å². The van der Waals surface area contributed by atoms with Crippen LogP contribution in [0.2, 0.25) is 0 Å². The van der Waals surface area contributed by atoms with E-state index in [0.717, 1.165) is 11.5 Å². The Hall–Kier alpha value is -3.09. The number of hydrogen-bond donors (Lipinski definition) is 1. The number of imidazole rings is 1. The lowest BCUT2D eigenvalue weighted by Crippen LogP contribution is -2.14. The molecule has 21 heavy (non-hydrogen) atoms. The van der Waals surface area contributed by atoms with E-state index in [1.807, 2.05) is 6.92 Å². The van der Waals surface area contributed by atoms with E-state index in [1.54, 1.807) is 47.8 Å². The van der Waals surface area contributed by atoms with Gasteiger partial charge >= 0.3 is 0 Å². The van der Waals surface area contributed by atoms with Gasteiger partial charge in [0, 0.05) is 18.6 Å². The third-order valence-corrected chi connectivity index (χ3v) is 2.79. The first-order chi connectivity index (χ1) is 10.2. The zero-order valence-electron chi connectivity index (χ0n) is 11.3. The summed E-state index contributed by atoms with van der Waals surface area (Å²) in [6.07, 6.45) is 9.69. The van der Waals surface area contributed by atoms with Crippen molar-refractivity contribution < 1.29 is 4.79 Å². The number of carbonyl (C=O) groups excluding carboxylic acids is 1. The zero-order valence-corrected chi connectivity index (χ0v) is 11.3. The number of aromatic nitrogens is 5. The van der Waals surface area contributed by atoms with E-state index in [4.69, 9.17) is 0 Å². The van der Waals surface area contributed by atoms with Crippen LogP contribution in [0.5, 0.6) is 0 Å². The molecule has 0 aliphatic rings. The van der Waals surface area contributed by atoms with Crippen LogP contribution in [0.15, 0.2) is 49.4 Å². The van der Waals surface area contributed by atoms with Crippen LogP contribution in [0.25, 0.3) is 5.82 Å². The molecule has 3 heterocycles. The minimum Gasteiger partial charge on any atom is -0.319 e. The summed E-state index contributed by atoms with van der Waals surface area (Å²) in [6, 6.07) is 3.56. The Kier molecular flexibility index (Phi) is 3.38. The van der Waals surface area contributed by atoms with Gasteiger partial charge in [-0.1, -0.05) is 0 Å². The smallest absolute Gasteiger partial charge is 0.275 e. The summed E-state index contributed by atoms with van der Waals surface area (Å²) in [5.41, 5.74) is 1.61. The van der Waals surface area contributed by atoms with Crippen molar-refractivity contribution in [1.82, 2.24) is 24.5 Å². The molecule has 0 bridgehead atoms. The lowest BCUT2D eigenvalue weighted by atomic mass is 10.3. The molecule has 0 spiro atoms. The predicted molar refractivity (Wildman–Crippen MR) is 76.1 cm³/mol. The summed E-state index contributed by atoms with van der Waals surface area (Å²) >= 11 is 0. The van der Waals surface area contributed by atoms with Gasteiger partial charge in [0.2, 0.25) is 0 Å². The molecule has 0 aliphatic carbocycles. The van der Waals surface area contributed by atoms with Crippen LogP contribution in [-0.4, -0.2) is 30.4 Å². The predicted octanol–water partition coefficient (Wildman–Crippen LogP) is 1.62. The van der Waals surface area contributed by atoms with Gasteiger partial charge in [-0.15, -0.1) is 0 Å². The first-order valence-electron chi connectivity index (χ1n) is 6.27. The number of nitrogens with one attached hydrogen (secondary N) is 1. The Morgan fingerprint density at radius 2 is 2.05 bits per heavy atom. The summed E-state index contributed by atoms with van der Waals surface area (Å²) < 4.78 is 1.77. The maximum Gasteiger partial charge on any atom is 0.275 e. The van der Waals surface area contributed by atoms with Crippen molar-refractivity contribution >= 4 is 11.6 Å². The van der Waals surface area contributed by atoms with Crippen LogP contribution < -0.4 is 5.32 Å². The van der Waals surface area contributed by atoms with E-state index in [-0.39, 0.29) is 11.6 Å². The van der Waals surface area contributed by atoms with Gasteiger partial charge in [0.05, 0.1) is 23.8 Å². The quantitative estimate of drug-likeness (QED) is 0.788. The number of anilines is 1. The molecule has 0 radical (unpaired) electrons. The first kappa shape index (κ1) is 12.9. The molecule has 7 heteroatoms. The van der Waals surface area contributed by atoms with E-state index in [0.29, 0.717) is 5.69 Å². The van der Waals surface area contributed by atoms with E-state index in [1.165, 1.54) is 6.20 Å². The average Bonchev–Trinajstić information content (AvgIpc) is 3.03. The number of carbonyl (C=O) groups is 1. The minimum atomic E-state index is -0.320. The van der Waals surface area contributed by atoms with Crippen molar-refractivity contribution in [3.05, 3.63) is 60.8 Å². The highest BCUT2D eigenvalue weighted by molar-refractivity contribution is 6.02. The summed E-state index contributed by atoms with van der Waals surface area (Å²) in [5, 5.41) is 2.72. The molecule has 0 atom stereocenters. The van der Waals surface area contributed by atoms with Gasteiger partial charge in [-0.2, -0.15) is 0 Å². The maximum atomic E-state index is 12.0. The fourth-order valence-electron chi connectivity index (χ4n) is 1.71. The Morgan fingerprint density at radius 3 is 2.67 bits per heavy atom.